The Morgan fingerprint density at radius 1 is 0.882 bits per heavy atom. The standard InChI is InChI=1S/C27H31N3O3S/c1-20-9-14-26(17-21(20)2)34(32,33)29-25-12-10-22(11-13-25)27(31)28-18-23-7-3-4-8-24(23)19-30-15-5-6-16-30/h3-4,7-14,17,29H,5-6,15-16,18-19H2,1-2H3,(H,28,31). The number of sulfonamides is 1. The van der Waals surface area contributed by atoms with Gasteiger partial charge in [0.2, 0.25) is 0 Å². The molecule has 3 aromatic carbocycles. The first-order valence-corrected chi connectivity index (χ1v) is 13.1. The number of rotatable bonds is 8. The third-order valence-electron chi connectivity index (χ3n) is 6.34. The molecule has 2 N–H and O–H groups in total. The Morgan fingerprint density at radius 2 is 1.56 bits per heavy atom. The molecule has 1 aliphatic heterocycles. The van der Waals surface area contributed by atoms with E-state index in [1.54, 1.807) is 42.5 Å². The number of amides is 1. The van der Waals surface area contributed by atoms with Crippen molar-refractivity contribution in [3.05, 3.63) is 94.5 Å². The highest BCUT2D eigenvalue weighted by atomic mass is 32.2. The summed E-state index contributed by atoms with van der Waals surface area (Å²) in [7, 11) is -3.70. The van der Waals surface area contributed by atoms with Crippen molar-refractivity contribution in [3.63, 3.8) is 0 Å². The highest BCUT2D eigenvalue weighted by Crippen LogP contribution is 2.20. The summed E-state index contributed by atoms with van der Waals surface area (Å²) in [6, 6.07) is 19.7. The molecule has 0 aliphatic carbocycles. The largest absolute Gasteiger partial charge is 0.348 e. The number of nitrogens with zero attached hydrogens (tertiary/aromatic N) is 1. The van der Waals surface area contributed by atoms with Crippen LogP contribution in [0.1, 0.15) is 45.5 Å². The smallest absolute Gasteiger partial charge is 0.261 e. The van der Waals surface area contributed by atoms with Gasteiger partial charge in [-0.25, -0.2) is 8.42 Å². The lowest BCUT2D eigenvalue weighted by Gasteiger charge is -2.17. The highest BCUT2D eigenvalue weighted by Gasteiger charge is 2.16. The zero-order valence-electron chi connectivity index (χ0n) is 19.7. The van der Waals surface area contributed by atoms with Gasteiger partial charge in [0.05, 0.1) is 4.90 Å². The molecule has 1 saturated heterocycles. The Hall–Kier alpha value is -3.16. The van der Waals surface area contributed by atoms with Crippen molar-refractivity contribution in [2.75, 3.05) is 17.8 Å². The minimum atomic E-state index is -3.70. The van der Waals surface area contributed by atoms with Crippen LogP contribution in [0.25, 0.3) is 0 Å². The Kier molecular flexibility index (Phi) is 7.34. The lowest BCUT2D eigenvalue weighted by Crippen LogP contribution is -2.25. The Bertz CT molecular complexity index is 1260. The van der Waals surface area contributed by atoms with Crippen LogP contribution in [0, 0.1) is 13.8 Å². The number of likely N-dealkylation sites (tertiary alicyclic amines) is 1. The molecule has 1 fully saturated rings. The first-order chi connectivity index (χ1) is 16.3. The summed E-state index contributed by atoms with van der Waals surface area (Å²) in [6.45, 7) is 7.42. The molecular formula is C27H31N3O3S. The molecule has 0 radical (unpaired) electrons. The van der Waals surface area contributed by atoms with Gasteiger partial charge in [-0.05, 0) is 98.4 Å². The van der Waals surface area contributed by atoms with Crippen molar-refractivity contribution in [3.8, 4) is 0 Å². The molecule has 0 atom stereocenters. The van der Waals surface area contributed by atoms with E-state index in [9.17, 15) is 13.2 Å². The maximum Gasteiger partial charge on any atom is 0.261 e. The SMILES string of the molecule is Cc1ccc(S(=O)(=O)Nc2ccc(C(=O)NCc3ccccc3CN3CCCC3)cc2)cc1C. The molecule has 178 valence electrons. The van der Waals surface area contributed by atoms with Crippen LogP contribution in [0.5, 0.6) is 0 Å². The van der Waals surface area contributed by atoms with Gasteiger partial charge >= 0.3 is 0 Å². The minimum Gasteiger partial charge on any atom is -0.348 e. The minimum absolute atomic E-state index is 0.195. The zero-order chi connectivity index (χ0) is 24.1. The van der Waals surface area contributed by atoms with Gasteiger partial charge in [0.15, 0.2) is 0 Å². The molecule has 4 rings (SSSR count). The normalized spacial score (nSPS) is 14.2. The summed E-state index contributed by atoms with van der Waals surface area (Å²) < 4.78 is 28.0. The molecule has 1 heterocycles. The first-order valence-electron chi connectivity index (χ1n) is 11.6. The molecule has 1 amide bonds. The van der Waals surface area contributed by atoms with E-state index in [1.807, 2.05) is 26.0 Å². The van der Waals surface area contributed by atoms with Gasteiger partial charge in [0.1, 0.15) is 0 Å². The fourth-order valence-corrected chi connectivity index (χ4v) is 5.27. The van der Waals surface area contributed by atoms with Crippen LogP contribution in [-0.4, -0.2) is 32.3 Å². The van der Waals surface area contributed by atoms with Gasteiger partial charge in [-0.2, -0.15) is 0 Å². The number of hydrogen-bond acceptors (Lipinski definition) is 4. The molecule has 3 aromatic rings. The summed E-state index contributed by atoms with van der Waals surface area (Å²) in [4.78, 5) is 15.4. The second-order valence-corrected chi connectivity index (χ2v) is 10.5. The second kappa shape index (κ2) is 10.4. The Balaban J connectivity index is 1.38. The van der Waals surface area contributed by atoms with E-state index in [0.717, 1.165) is 36.3 Å². The monoisotopic (exact) mass is 477 g/mol. The van der Waals surface area contributed by atoms with Crippen molar-refractivity contribution in [2.45, 2.75) is 44.7 Å². The topological polar surface area (TPSA) is 78.5 Å². The molecular weight excluding hydrogens is 446 g/mol. The van der Waals surface area contributed by atoms with Crippen LogP contribution in [0.3, 0.4) is 0 Å². The van der Waals surface area contributed by atoms with Gasteiger partial charge in [-0.3, -0.25) is 14.4 Å². The van der Waals surface area contributed by atoms with Crippen LogP contribution in [0.15, 0.2) is 71.6 Å². The van der Waals surface area contributed by atoms with E-state index < -0.39 is 10.0 Å². The van der Waals surface area contributed by atoms with Crippen LogP contribution in [0.4, 0.5) is 5.69 Å². The summed E-state index contributed by atoms with van der Waals surface area (Å²) in [5.41, 5.74) is 5.18. The molecule has 1 aliphatic rings. The molecule has 0 saturated carbocycles. The maximum atomic E-state index is 12.7. The predicted molar refractivity (Wildman–Crippen MR) is 135 cm³/mol. The van der Waals surface area contributed by atoms with Crippen LogP contribution < -0.4 is 10.0 Å². The average Bonchev–Trinajstić information content (AvgIpc) is 3.33. The summed E-state index contributed by atoms with van der Waals surface area (Å²) >= 11 is 0. The van der Waals surface area contributed by atoms with E-state index in [1.165, 1.54) is 18.4 Å². The molecule has 34 heavy (non-hydrogen) atoms. The van der Waals surface area contributed by atoms with E-state index in [-0.39, 0.29) is 10.8 Å². The van der Waals surface area contributed by atoms with Crippen molar-refractivity contribution < 1.29 is 13.2 Å². The van der Waals surface area contributed by atoms with Crippen molar-refractivity contribution >= 4 is 21.6 Å². The van der Waals surface area contributed by atoms with Crippen LogP contribution in [0.2, 0.25) is 0 Å². The third-order valence-corrected chi connectivity index (χ3v) is 7.72. The summed E-state index contributed by atoms with van der Waals surface area (Å²) in [6.07, 6.45) is 2.49. The van der Waals surface area contributed by atoms with Crippen molar-refractivity contribution in [1.29, 1.82) is 0 Å². The summed E-state index contributed by atoms with van der Waals surface area (Å²) in [5, 5.41) is 2.99. The van der Waals surface area contributed by atoms with Crippen molar-refractivity contribution in [2.24, 2.45) is 0 Å². The maximum absolute atomic E-state index is 12.7. The van der Waals surface area contributed by atoms with Crippen LogP contribution in [-0.2, 0) is 23.1 Å². The van der Waals surface area contributed by atoms with Gasteiger partial charge in [-0.15, -0.1) is 0 Å². The third kappa shape index (κ3) is 5.85. The Labute approximate surface area is 202 Å². The fourth-order valence-electron chi connectivity index (χ4n) is 4.13. The molecule has 6 nitrogen and oxygen atoms in total. The molecule has 7 heteroatoms. The quantitative estimate of drug-likeness (QED) is 0.496. The lowest BCUT2D eigenvalue weighted by atomic mass is 10.1. The van der Waals surface area contributed by atoms with Crippen LogP contribution >= 0.6 is 0 Å². The van der Waals surface area contributed by atoms with Gasteiger partial charge in [0, 0.05) is 24.3 Å². The summed E-state index contributed by atoms with van der Waals surface area (Å²) in [5.74, 6) is -0.195. The average molecular weight is 478 g/mol. The Morgan fingerprint density at radius 3 is 2.24 bits per heavy atom. The number of carbonyl (C=O) groups excluding carboxylic acids is 1. The van der Waals surface area contributed by atoms with E-state index in [0.29, 0.717) is 17.8 Å². The molecule has 0 bridgehead atoms. The number of nitrogens with one attached hydrogen (secondary N) is 2. The number of benzene rings is 3. The second-order valence-electron chi connectivity index (χ2n) is 8.86. The lowest BCUT2D eigenvalue weighted by molar-refractivity contribution is 0.0950. The van der Waals surface area contributed by atoms with Gasteiger partial charge < -0.3 is 5.32 Å². The fraction of sp³-hybridized carbons (Fsp3) is 0.296. The van der Waals surface area contributed by atoms with E-state index in [2.05, 4.69) is 27.1 Å². The van der Waals surface area contributed by atoms with E-state index in [4.69, 9.17) is 0 Å². The highest BCUT2D eigenvalue weighted by molar-refractivity contribution is 7.92. The number of aryl methyl sites for hydroxylation is 2. The number of carbonyl (C=O) groups is 1. The predicted octanol–water partition coefficient (Wildman–Crippen LogP) is 4.63. The number of anilines is 1. The zero-order valence-corrected chi connectivity index (χ0v) is 20.5. The molecule has 0 aromatic heterocycles. The molecule has 0 unspecified atom stereocenters. The van der Waals surface area contributed by atoms with Gasteiger partial charge in [-0.1, -0.05) is 30.3 Å². The van der Waals surface area contributed by atoms with E-state index >= 15 is 0 Å². The van der Waals surface area contributed by atoms with Gasteiger partial charge in [0.25, 0.3) is 15.9 Å². The number of hydrogen-bond donors (Lipinski definition) is 2. The molecule has 0 spiro atoms. The van der Waals surface area contributed by atoms with Crippen molar-refractivity contribution in [1.82, 2.24) is 10.2 Å². The first kappa shape index (κ1) is 24.0.